The average Bonchev–Trinajstić information content (AvgIpc) is 3.13. The number of hydrogen-bond acceptors (Lipinski definition) is 7. The molecule has 2 aromatic carbocycles. The monoisotopic (exact) mass is 400 g/mol. The molecule has 0 aliphatic heterocycles. The number of nitrogens with zero attached hydrogens (tertiary/aromatic N) is 3. The largest absolute Gasteiger partial charge is 0.296 e. The number of nitrogens with one attached hydrogen (secondary N) is 1. The Morgan fingerprint density at radius 3 is 2.74 bits per heavy atom. The third kappa shape index (κ3) is 5.60. The summed E-state index contributed by atoms with van der Waals surface area (Å²) >= 11 is 2.88. The molecule has 3 rings (SSSR count). The molecule has 1 amide bonds. The molecule has 0 spiro atoms. The van der Waals surface area contributed by atoms with Crippen molar-refractivity contribution in [2.45, 2.75) is 17.2 Å². The standard InChI is InChI=1S/C18H16N4O3S2/c23-16(14-9-4-10-15(12-14)22(24)25)19-17-20-21-18(27-17)26-11-5-8-13-6-2-1-3-7-13/h1-4,6-7,9-10,12H,5,8,11H2,(H,19,20,23). The van der Waals surface area contributed by atoms with Crippen LogP contribution in [0.4, 0.5) is 10.8 Å². The molecule has 0 aliphatic rings. The molecule has 1 aromatic heterocycles. The number of hydrogen-bond donors (Lipinski definition) is 1. The molecule has 1 N–H and O–H groups in total. The Morgan fingerprint density at radius 2 is 1.96 bits per heavy atom. The van der Waals surface area contributed by atoms with Gasteiger partial charge in [-0.15, -0.1) is 10.2 Å². The van der Waals surface area contributed by atoms with E-state index in [2.05, 4.69) is 27.6 Å². The van der Waals surface area contributed by atoms with E-state index in [9.17, 15) is 14.9 Å². The first kappa shape index (κ1) is 19.0. The quantitative estimate of drug-likeness (QED) is 0.198. The van der Waals surface area contributed by atoms with Crippen LogP contribution in [-0.2, 0) is 6.42 Å². The normalized spacial score (nSPS) is 10.5. The van der Waals surface area contributed by atoms with Crippen LogP contribution in [0, 0.1) is 10.1 Å². The minimum atomic E-state index is -0.536. The highest BCUT2D eigenvalue weighted by molar-refractivity contribution is 8.01. The number of benzene rings is 2. The van der Waals surface area contributed by atoms with Crippen LogP contribution in [0.3, 0.4) is 0 Å². The average molecular weight is 400 g/mol. The molecular formula is C18H16N4O3S2. The maximum absolute atomic E-state index is 12.2. The highest BCUT2D eigenvalue weighted by Gasteiger charge is 2.14. The summed E-state index contributed by atoms with van der Waals surface area (Å²) in [4.78, 5) is 22.5. The third-order valence-corrected chi connectivity index (χ3v) is 5.68. The number of aromatic nitrogens is 2. The zero-order valence-corrected chi connectivity index (χ0v) is 15.8. The summed E-state index contributed by atoms with van der Waals surface area (Å²) in [5.74, 6) is 0.456. The Kier molecular flexibility index (Phi) is 6.50. The summed E-state index contributed by atoms with van der Waals surface area (Å²) < 4.78 is 0.775. The molecule has 0 atom stereocenters. The zero-order chi connectivity index (χ0) is 19.1. The number of nitro groups is 1. The Labute approximate surface area is 164 Å². The number of thioether (sulfide) groups is 1. The molecule has 0 unspecified atom stereocenters. The van der Waals surface area contributed by atoms with Crippen LogP contribution in [0.5, 0.6) is 0 Å². The van der Waals surface area contributed by atoms with Gasteiger partial charge in [0.25, 0.3) is 11.6 Å². The van der Waals surface area contributed by atoms with E-state index in [1.807, 2.05) is 18.2 Å². The van der Waals surface area contributed by atoms with Crippen LogP contribution < -0.4 is 5.32 Å². The van der Waals surface area contributed by atoms with E-state index in [1.165, 1.54) is 41.2 Å². The summed E-state index contributed by atoms with van der Waals surface area (Å²) in [5.41, 5.74) is 1.38. The van der Waals surface area contributed by atoms with Crippen molar-refractivity contribution in [3.05, 3.63) is 75.8 Å². The van der Waals surface area contributed by atoms with E-state index in [0.717, 1.165) is 22.9 Å². The molecule has 0 radical (unpaired) electrons. The van der Waals surface area contributed by atoms with E-state index in [-0.39, 0.29) is 11.3 Å². The van der Waals surface area contributed by atoms with Crippen LogP contribution >= 0.6 is 23.1 Å². The zero-order valence-electron chi connectivity index (χ0n) is 14.2. The van der Waals surface area contributed by atoms with Crippen molar-refractivity contribution in [2.75, 3.05) is 11.1 Å². The van der Waals surface area contributed by atoms with Crippen LogP contribution in [-0.4, -0.2) is 26.8 Å². The van der Waals surface area contributed by atoms with Gasteiger partial charge >= 0.3 is 0 Å². The predicted octanol–water partition coefficient (Wildman–Crippen LogP) is 4.42. The fourth-order valence-corrected chi connectivity index (χ4v) is 4.09. The van der Waals surface area contributed by atoms with Crippen molar-refractivity contribution in [1.29, 1.82) is 0 Å². The molecule has 0 aliphatic carbocycles. The van der Waals surface area contributed by atoms with Gasteiger partial charge in [0.05, 0.1) is 4.92 Å². The minimum Gasteiger partial charge on any atom is -0.296 e. The number of carbonyl (C=O) groups excluding carboxylic acids is 1. The van der Waals surface area contributed by atoms with Gasteiger partial charge in [-0.1, -0.05) is 59.5 Å². The second-order valence-electron chi connectivity index (χ2n) is 5.57. The Bertz CT molecular complexity index is 931. The summed E-state index contributed by atoms with van der Waals surface area (Å²) in [6, 6.07) is 15.8. The molecule has 0 fully saturated rings. The highest BCUT2D eigenvalue weighted by Crippen LogP contribution is 2.26. The smallest absolute Gasteiger partial charge is 0.270 e. The maximum Gasteiger partial charge on any atom is 0.270 e. The molecule has 27 heavy (non-hydrogen) atoms. The summed E-state index contributed by atoms with van der Waals surface area (Å²) in [5, 5.41) is 21.8. The Morgan fingerprint density at radius 1 is 1.15 bits per heavy atom. The Hall–Kier alpha value is -2.78. The second-order valence-corrected chi connectivity index (χ2v) is 7.89. The van der Waals surface area contributed by atoms with Gasteiger partial charge in [-0.25, -0.2) is 0 Å². The van der Waals surface area contributed by atoms with Crippen molar-refractivity contribution in [2.24, 2.45) is 0 Å². The number of nitro benzene ring substituents is 1. The third-order valence-electron chi connectivity index (χ3n) is 3.62. The maximum atomic E-state index is 12.2. The first-order valence-electron chi connectivity index (χ1n) is 8.18. The van der Waals surface area contributed by atoms with Crippen LogP contribution in [0.1, 0.15) is 22.3 Å². The number of non-ortho nitro benzene ring substituents is 1. The van der Waals surface area contributed by atoms with Crippen molar-refractivity contribution in [3.63, 3.8) is 0 Å². The number of amides is 1. The molecule has 138 valence electrons. The summed E-state index contributed by atoms with van der Waals surface area (Å²) in [7, 11) is 0. The molecule has 3 aromatic rings. The van der Waals surface area contributed by atoms with Crippen LogP contribution in [0.15, 0.2) is 58.9 Å². The lowest BCUT2D eigenvalue weighted by molar-refractivity contribution is -0.384. The van der Waals surface area contributed by atoms with Crippen molar-refractivity contribution in [3.8, 4) is 0 Å². The lowest BCUT2D eigenvalue weighted by Crippen LogP contribution is -2.11. The second kappa shape index (κ2) is 9.24. The van der Waals surface area contributed by atoms with Gasteiger partial charge in [-0.2, -0.15) is 0 Å². The van der Waals surface area contributed by atoms with Gasteiger partial charge in [0.1, 0.15) is 0 Å². The van der Waals surface area contributed by atoms with E-state index >= 15 is 0 Å². The minimum absolute atomic E-state index is 0.130. The number of anilines is 1. The van der Waals surface area contributed by atoms with Gasteiger partial charge < -0.3 is 0 Å². The number of aryl methyl sites for hydroxylation is 1. The molecule has 7 nitrogen and oxygen atoms in total. The molecule has 0 saturated carbocycles. The first-order chi connectivity index (χ1) is 13.1. The van der Waals surface area contributed by atoms with Gasteiger partial charge in [-0.05, 0) is 24.5 Å². The summed E-state index contributed by atoms with van der Waals surface area (Å²) in [6.07, 6.45) is 2.02. The van der Waals surface area contributed by atoms with Gasteiger partial charge in [0.15, 0.2) is 4.34 Å². The highest BCUT2D eigenvalue weighted by atomic mass is 32.2. The van der Waals surface area contributed by atoms with E-state index in [1.54, 1.807) is 11.8 Å². The Balaban J connectivity index is 1.49. The molecule has 0 bridgehead atoms. The molecule has 0 saturated heterocycles. The predicted molar refractivity (Wildman–Crippen MR) is 106 cm³/mol. The van der Waals surface area contributed by atoms with E-state index in [4.69, 9.17) is 0 Å². The lowest BCUT2D eigenvalue weighted by atomic mass is 10.1. The number of carbonyl (C=O) groups is 1. The SMILES string of the molecule is O=C(Nc1nnc(SCCCc2ccccc2)s1)c1cccc([N+](=O)[O-])c1. The number of rotatable bonds is 8. The lowest BCUT2D eigenvalue weighted by Gasteiger charge is -2.01. The van der Waals surface area contributed by atoms with Gasteiger partial charge in [0, 0.05) is 23.4 Å². The van der Waals surface area contributed by atoms with Crippen molar-refractivity contribution < 1.29 is 9.72 Å². The molecule has 9 heteroatoms. The topological polar surface area (TPSA) is 98.0 Å². The van der Waals surface area contributed by atoms with Crippen LogP contribution in [0.25, 0.3) is 0 Å². The van der Waals surface area contributed by atoms with Gasteiger partial charge in [0.2, 0.25) is 5.13 Å². The van der Waals surface area contributed by atoms with Crippen molar-refractivity contribution >= 4 is 39.8 Å². The summed E-state index contributed by atoms with van der Waals surface area (Å²) in [6.45, 7) is 0. The molecule has 1 heterocycles. The van der Waals surface area contributed by atoms with Gasteiger partial charge in [-0.3, -0.25) is 20.2 Å². The van der Waals surface area contributed by atoms with Crippen molar-refractivity contribution in [1.82, 2.24) is 10.2 Å². The van der Waals surface area contributed by atoms with Crippen LogP contribution in [0.2, 0.25) is 0 Å². The first-order valence-corrected chi connectivity index (χ1v) is 9.98. The fraction of sp³-hybridized carbons (Fsp3) is 0.167. The van der Waals surface area contributed by atoms with E-state index in [0.29, 0.717) is 5.13 Å². The molecular weight excluding hydrogens is 384 g/mol. The fourth-order valence-electron chi connectivity index (χ4n) is 2.33. The van der Waals surface area contributed by atoms with E-state index < -0.39 is 10.8 Å².